The molecular formula is C20H16N4O12S4. The minimum Gasteiger partial charge on any atom is -0.367 e. The molecule has 0 bridgehead atoms. The fourth-order valence-electron chi connectivity index (χ4n) is 4.17. The predicted molar refractivity (Wildman–Crippen MR) is 137 cm³/mol. The summed E-state index contributed by atoms with van der Waals surface area (Å²) in [6.07, 6.45) is -2.29. The third kappa shape index (κ3) is 4.74. The molecule has 40 heavy (non-hydrogen) atoms. The van der Waals surface area contributed by atoms with Gasteiger partial charge in [-0.2, -0.15) is 33.7 Å². The fourth-order valence-corrected chi connectivity index (χ4v) is 8.39. The number of rotatable bonds is 7. The van der Waals surface area contributed by atoms with E-state index in [1.165, 1.54) is 42.5 Å². The monoisotopic (exact) mass is 632 g/mol. The van der Waals surface area contributed by atoms with Crippen molar-refractivity contribution < 1.29 is 51.5 Å². The van der Waals surface area contributed by atoms with Gasteiger partial charge in [-0.1, -0.05) is 30.3 Å². The summed E-state index contributed by atoms with van der Waals surface area (Å²) in [7, 11) is -22.1. The second kappa shape index (κ2) is 9.12. The Morgan fingerprint density at radius 1 is 0.750 bits per heavy atom. The van der Waals surface area contributed by atoms with Gasteiger partial charge in [0.15, 0.2) is 12.0 Å². The van der Waals surface area contributed by atoms with Gasteiger partial charge in [-0.05, 0) is 36.4 Å². The van der Waals surface area contributed by atoms with Gasteiger partial charge in [0, 0.05) is 0 Å². The maximum Gasteiger partial charge on any atom is 0.412 e. The third-order valence-electron chi connectivity index (χ3n) is 5.60. The van der Waals surface area contributed by atoms with Crippen LogP contribution in [-0.4, -0.2) is 57.3 Å². The summed E-state index contributed by atoms with van der Waals surface area (Å²) < 4.78 is 137. The lowest BCUT2D eigenvalue weighted by Gasteiger charge is -2.28. The lowest BCUT2D eigenvalue weighted by Crippen LogP contribution is -2.44. The lowest BCUT2D eigenvalue weighted by molar-refractivity contribution is 0.460. The maximum atomic E-state index is 13.7. The average molecular weight is 633 g/mol. The van der Waals surface area contributed by atoms with Crippen molar-refractivity contribution in [3.05, 3.63) is 72.6 Å². The van der Waals surface area contributed by atoms with E-state index in [-0.39, 0.29) is 25.4 Å². The summed E-state index contributed by atoms with van der Waals surface area (Å²) in [5.41, 5.74) is -1.75. The van der Waals surface area contributed by atoms with Crippen molar-refractivity contribution in [1.29, 1.82) is 0 Å². The quantitative estimate of drug-likeness (QED) is 0.211. The molecule has 5 rings (SSSR count). The highest BCUT2D eigenvalue weighted by molar-refractivity contribution is 7.90. The molecule has 4 N–H and O–H groups in total. The Morgan fingerprint density at radius 3 is 1.95 bits per heavy atom. The highest BCUT2D eigenvalue weighted by atomic mass is 32.2. The predicted octanol–water partition coefficient (Wildman–Crippen LogP) is 1.51. The zero-order chi connectivity index (χ0) is 29.3. The van der Waals surface area contributed by atoms with Crippen LogP contribution in [0.5, 0.6) is 5.75 Å². The number of fused-ring (bicyclic) bond motifs is 2. The van der Waals surface area contributed by atoms with Crippen molar-refractivity contribution in [3.8, 4) is 5.75 Å². The van der Waals surface area contributed by atoms with Crippen molar-refractivity contribution in [3.63, 3.8) is 0 Å². The van der Waals surface area contributed by atoms with Crippen LogP contribution in [0.1, 0.15) is 12.0 Å². The van der Waals surface area contributed by atoms with E-state index in [1.54, 1.807) is 12.1 Å². The molecule has 0 saturated heterocycles. The Hall–Kier alpha value is -3.79. The summed E-state index contributed by atoms with van der Waals surface area (Å²) in [4.78, 5) is 3.64. The molecule has 1 unspecified atom stereocenters. The standard InChI is InChI=1S/C20H16N4O12S4/c25-37(26,27)16-11-10-15-17(18(16)38(28,29)30)24(40(34,35)36-12-6-2-1-3-7-12)20(23(15)39(31,32)33)19-21-13-8-4-5-9-14(13)22-19/h1-11,20H,(H,21,22)(H,25,26,27)(H,28,29,30)(H,31,32,33). The second-order valence-electron chi connectivity index (χ2n) is 8.15. The molecule has 2 heterocycles. The molecule has 0 saturated carbocycles. The number of hydrogen-bond acceptors (Lipinski definition) is 10. The first-order valence-electron chi connectivity index (χ1n) is 10.6. The van der Waals surface area contributed by atoms with Crippen molar-refractivity contribution in [2.45, 2.75) is 16.0 Å². The van der Waals surface area contributed by atoms with Crippen LogP contribution in [0.4, 0.5) is 11.4 Å². The molecule has 0 fully saturated rings. The fraction of sp³-hybridized carbons (Fsp3) is 0.0500. The van der Waals surface area contributed by atoms with Crippen LogP contribution in [0.15, 0.2) is 76.5 Å². The van der Waals surface area contributed by atoms with Gasteiger partial charge >= 0.3 is 20.6 Å². The number of para-hydroxylation sites is 3. The minimum absolute atomic E-state index is 0.00139. The van der Waals surface area contributed by atoms with E-state index in [0.717, 1.165) is 0 Å². The minimum atomic E-state index is -5.74. The number of nitrogens with one attached hydrogen (secondary N) is 1. The molecule has 0 amide bonds. The molecule has 0 aliphatic carbocycles. The highest BCUT2D eigenvalue weighted by Crippen LogP contribution is 2.53. The van der Waals surface area contributed by atoms with Gasteiger partial charge in [-0.15, -0.1) is 0 Å². The van der Waals surface area contributed by atoms with Crippen LogP contribution in [0.25, 0.3) is 11.0 Å². The Morgan fingerprint density at radius 2 is 1.38 bits per heavy atom. The van der Waals surface area contributed by atoms with Crippen LogP contribution in [0.2, 0.25) is 0 Å². The van der Waals surface area contributed by atoms with Gasteiger partial charge in [0.05, 0.1) is 16.7 Å². The third-order valence-corrected chi connectivity index (χ3v) is 9.71. The lowest BCUT2D eigenvalue weighted by atomic mass is 10.3. The molecule has 1 aliphatic rings. The molecule has 0 spiro atoms. The topological polar surface area (TPSA) is 242 Å². The van der Waals surface area contributed by atoms with Crippen LogP contribution in [0.3, 0.4) is 0 Å². The summed E-state index contributed by atoms with van der Waals surface area (Å²) in [5.74, 6) is -0.831. The first kappa shape index (κ1) is 27.8. The van der Waals surface area contributed by atoms with Crippen molar-refractivity contribution in [2.75, 3.05) is 8.61 Å². The van der Waals surface area contributed by atoms with Crippen molar-refractivity contribution in [1.82, 2.24) is 9.97 Å². The first-order valence-corrected chi connectivity index (χ1v) is 16.3. The van der Waals surface area contributed by atoms with Gasteiger partial charge in [-0.3, -0.25) is 13.7 Å². The van der Waals surface area contributed by atoms with E-state index in [0.29, 0.717) is 12.1 Å². The van der Waals surface area contributed by atoms with Gasteiger partial charge in [0.2, 0.25) is 0 Å². The molecule has 4 aromatic rings. The van der Waals surface area contributed by atoms with Crippen LogP contribution >= 0.6 is 0 Å². The van der Waals surface area contributed by atoms with Gasteiger partial charge in [0.1, 0.15) is 21.2 Å². The van der Waals surface area contributed by atoms with Gasteiger partial charge in [0.25, 0.3) is 20.2 Å². The molecule has 1 aromatic heterocycles. The number of H-pyrrole nitrogens is 1. The largest absolute Gasteiger partial charge is 0.412 e. The summed E-state index contributed by atoms with van der Waals surface area (Å²) in [6.45, 7) is 0. The second-order valence-corrected chi connectivity index (χ2v) is 13.6. The normalized spacial score (nSPS) is 16.3. The van der Waals surface area contributed by atoms with Gasteiger partial charge < -0.3 is 9.17 Å². The zero-order valence-electron chi connectivity index (χ0n) is 19.4. The van der Waals surface area contributed by atoms with Crippen LogP contribution < -0.4 is 12.8 Å². The van der Waals surface area contributed by atoms with E-state index in [2.05, 4.69) is 9.97 Å². The number of anilines is 2. The van der Waals surface area contributed by atoms with Crippen molar-refractivity contribution in [2.24, 2.45) is 0 Å². The smallest absolute Gasteiger partial charge is 0.367 e. The molecule has 212 valence electrons. The van der Waals surface area contributed by atoms with Crippen molar-refractivity contribution >= 4 is 63.3 Å². The zero-order valence-corrected chi connectivity index (χ0v) is 22.7. The number of hydrogen-bond donors (Lipinski definition) is 4. The molecule has 0 radical (unpaired) electrons. The highest BCUT2D eigenvalue weighted by Gasteiger charge is 2.54. The SMILES string of the molecule is O=S(=O)(O)c1ccc2c(c1S(=O)(=O)O)N(S(=O)(=O)Oc1ccccc1)C(c1nc3ccccc3[nH]1)N2S(=O)(=O)O. The maximum absolute atomic E-state index is 13.7. The van der Waals surface area contributed by atoms with E-state index in [1.807, 2.05) is 0 Å². The van der Waals surface area contributed by atoms with E-state index in [9.17, 15) is 47.3 Å². The Bertz CT molecular complexity index is 2060. The molecule has 1 aliphatic heterocycles. The van der Waals surface area contributed by atoms with Gasteiger partial charge in [-0.25, -0.2) is 13.6 Å². The Kier molecular flexibility index (Phi) is 6.33. The number of nitrogens with zero attached hydrogens (tertiary/aromatic N) is 3. The molecule has 3 aromatic carbocycles. The Balaban J connectivity index is 1.92. The summed E-state index contributed by atoms with van der Waals surface area (Å²) >= 11 is 0. The molecule has 16 nitrogen and oxygen atoms in total. The van der Waals surface area contributed by atoms with E-state index < -0.39 is 74.0 Å². The molecule has 20 heteroatoms. The van der Waals surface area contributed by atoms with E-state index in [4.69, 9.17) is 4.18 Å². The Labute approximate surface area is 227 Å². The molecule has 1 atom stereocenters. The molecular weight excluding hydrogens is 617 g/mol. The summed E-state index contributed by atoms with van der Waals surface area (Å²) in [6, 6.07) is 13.7. The van der Waals surface area contributed by atoms with Crippen LogP contribution in [-0.2, 0) is 40.8 Å². The van der Waals surface area contributed by atoms with E-state index >= 15 is 0 Å². The average Bonchev–Trinajstić information content (AvgIpc) is 3.42. The van der Waals surface area contributed by atoms with Crippen LogP contribution in [0, 0.1) is 0 Å². The number of imidazole rings is 1. The number of benzene rings is 3. The number of aromatic nitrogens is 2. The first-order chi connectivity index (χ1) is 18.5. The summed E-state index contributed by atoms with van der Waals surface area (Å²) in [5, 5.41) is 0. The number of aromatic amines is 1.